The molecule has 0 atom stereocenters. The van der Waals surface area contributed by atoms with Gasteiger partial charge in [-0.05, 0) is 48.2 Å². The third-order valence-electron chi connectivity index (χ3n) is 4.11. The second-order valence-corrected chi connectivity index (χ2v) is 5.94. The molecule has 0 amide bonds. The van der Waals surface area contributed by atoms with Crippen molar-refractivity contribution in [1.29, 1.82) is 0 Å². The summed E-state index contributed by atoms with van der Waals surface area (Å²) in [6.45, 7) is 0. The van der Waals surface area contributed by atoms with Crippen LogP contribution in [0.2, 0.25) is 0 Å². The van der Waals surface area contributed by atoms with Crippen molar-refractivity contribution in [3.05, 3.63) is 48.2 Å². The highest BCUT2D eigenvalue weighted by Gasteiger charge is 2.26. The molecule has 5 nitrogen and oxygen atoms in total. The molecule has 1 fully saturated rings. The summed E-state index contributed by atoms with van der Waals surface area (Å²) in [6, 6.07) is 8.54. The highest BCUT2D eigenvalue weighted by Crippen LogP contribution is 2.41. The summed E-state index contributed by atoms with van der Waals surface area (Å²) in [5, 5.41) is 7.99. The molecule has 4 rings (SSSR count). The number of rotatable bonds is 3. The Morgan fingerprint density at radius 1 is 1.17 bits per heavy atom. The Morgan fingerprint density at radius 3 is 2.70 bits per heavy atom. The molecule has 1 aliphatic rings. The van der Waals surface area contributed by atoms with Gasteiger partial charge in [0.2, 0.25) is 0 Å². The highest BCUT2D eigenvalue weighted by molar-refractivity contribution is 5.81. The number of aryl methyl sites for hydroxylation is 1. The Kier molecular flexibility index (Phi) is 3.11. The van der Waals surface area contributed by atoms with Crippen LogP contribution in [0.15, 0.2) is 36.7 Å². The Balaban J connectivity index is 1.91. The monoisotopic (exact) mass is 309 g/mol. The molecular formula is C17H16FN5. The zero-order chi connectivity index (χ0) is 16.0. The zero-order valence-electron chi connectivity index (χ0n) is 12.7. The second kappa shape index (κ2) is 5.15. The molecule has 6 heteroatoms. The number of pyridine rings is 1. The van der Waals surface area contributed by atoms with Crippen LogP contribution in [0.4, 0.5) is 10.2 Å². The predicted molar refractivity (Wildman–Crippen MR) is 86.0 cm³/mol. The molecular weight excluding hydrogens is 293 g/mol. The van der Waals surface area contributed by atoms with Gasteiger partial charge in [-0.2, -0.15) is 0 Å². The molecule has 1 aliphatic carbocycles. The first-order valence-corrected chi connectivity index (χ1v) is 7.53. The van der Waals surface area contributed by atoms with E-state index in [1.165, 1.54) is 12.1 Å². The fourth-order valence-corrected chi connectivity index (χ4v) is 2.80. The molecule has 0 unspecified atom stereocenters. The van der Waals surface area contributed by atoms with Gasteiger partial charge in [0.25, 0.3) is 0 Å². The quantitative estimate of drug-likeness (QED) is 0.807. The van der Waals surface area contributed by atoms with Crippen molar-refractivity contribution in [2.75, 3.05) is 5.73 Å². The van der Waals surface area contributed by atoms with Gasteiger partial charge in [0.05, 0.1) is 0 Å². The topological polar surface area (TPSA) is 69.6 Å². The average molecular weight is 309 g/mol. The molecule has 0 saturated heterocycles. The minimum Gasteiger partial charge on any atom is -0.384 e. The van der Waals surface area contributed by atoms with E-state index in [4.69, 9.17) is 5.73 Å². The Hall–Kier alpha value is -2.76. The lowest BCUT2D eigenvalue weighted by atomic mass is 9.98. The van der Waals surface area contributed by atoms with Gasteiger partial charge in [0.1, 0.15) is 18.0 Å². The van der Waals surface area contributed by atoms with Crippen LogP contribution >= 0.6 is 0 Å². The molecule has 0 radical (unpaired) electrons. The van der Waals surface area contributed by atoms with Gasteiger partial charge < -0.3 is 10.3 Å². The van der Waals surface area contributed by atoms with Crippen molar-refractivity contribution in [2.24, 2.45) is 7.05 Å². The number of nitrogens with two attached hydrogens (primary N) is 1. The Morgan fingerprint density at radius 2 is 2.00 bits per heavy atom. The molecule has 2 aromatic heterocycles. The number of nitrogen functional groups attached to an aromatic ring is 1. The van der Waals surface area contributed by atoms with Gasteiger partial charge in [-0.25, -0.2) is 9.37 Å². The summed E-state index contributed by atoms with van der Waals surface area (Å²) >= 11 is 0. The van der Waals surface area contributed by atoms with E-state index in [1.54, 1.807) is 17.0 Å². The molecule has 0 aliphatic heterocycles. The van der Waals surface area contributed by atoms with Gasteiger partial charge in [-0.15, -0.1) is 10.2 Å². The van der Waals surface area contributed by atoms with E-state index in [1.807, 2.05) is 19.2 Å². The number of benzene rings is 1. The van der Waals surface area contributed by atoms with Crippen LogP contribution in [0, 0.1) is 5.82 Å². The van der Waals surface area contributed by atoms with E-state index < -0.39 is 0 Å². The zero-order valence-corrected chi connectivity index (χ0v) is 12.7. The highest BCUT2D eigenvalue weighted by atomic mass is 19.1. The lowest BCUT2D eigenvalue weighted by Crippen LogP contribution is -1.98. The van der Waals surface area contributed by atoms with Crippen LogP contribution in [-0.4, -0.2) is 19.7 Å². The molecule has 3 aromatic rings. The SMILES string of the molecule is Cn1cnnc1-c1cc(F)ccc1-c1cc(N)nc(C2CC2)c1. The lowest BCUT2D eigenvalue weighted by Gasteiger charge is -2.11. The van der Waals surface area contributed by atoms with Gasteiger partial charge in [-0.3, -0.25) is 0 Å². The number of hydrogen-bond acceptors (Lipinski definition) is 4. The molecule has 116 valence electrons. The Labute approximate surface area is 133 Å². The van der Waals surface area contributed by atoms with E-state index in [0.717, 1.165) is 29.7 Å². The van der Waals surface area contributed by atoms with E-state index in [9.17, 15) is 4.39 Å². The van der Waals surface area contributed by atoms with E-state index in [-0.39, 0.29) is 5.82 Å². The van der Waals surface area contributed by atoms with Gasteiger partial charge in [0.15, 0.2) is 5.82 Å². The third kappa shape index (κ3) is 2.56. The maximum atomic E-state index is 13.8. The van der Waals surface area contributed by atoms with Crippen LogP contribution in [-0.2, 0) is 7.05 Å². The van der Waals surface area contributed by atoms with Crippen LogP contribution < -0.4 is 5.73 Å². The van der Waals surface area contributed by atoms with E-state index >= 15 is 0 Å². The molecule has 23 heavy (non-hydrogen) atoms. The normalized spacial score (nSPS) is 14.2. The van der Waals surface area contributed by atoms with E-state index in [2.05, 4.69) is 15.2 Å². The number of halogens is 1. The van der Waals surface area contributed by atoms with Crippen molar-refractivity contribution in [3.63, 3.8) is 0 Å². The van der Waals surface area contributed by atoms with Crippen LogP contribution in [0.3, 0.4) is 0 Å². The van der Waals surface area contributed by atoms with Gasteiger partial charge in [0, 0.05) is 24.2 Å². The summed E-state index contributed by atoms with van der Waals surface area (Å²) in [5.41, 5.74) is 9.47. The maximum absolute atomic E-state index is 13.8. The van der Waals surface area contributed by atoms with E-state index in [0.29, 0.717) is 23.1 Å². The molecule has 2 N–H and O–H groups in total. The molecule has 0 spiro atoms. The summed E-state index contributed by atoms with van der Waals surface area (Å²) in [4.78, 5) is 4.42. The van der Waals surface area contributed by atoms with Crippen molar-refractivity contribution in [1.82, 2.24) is 19.7 Å². The number of aromatic nitrogens is 4. The summed E-state index contributed by atoms with van der Waals surface area (Å²) < 4.78 is 15.6. The fourth-order valence-electron chi connectivity index (χ4n) is 2.80. The van der Waals surface area contributed by atoms with Crippen molar-refractivity contribution in [3.8, 4) is 22.5 Å². The van der Waals surface area contributed by atoms with Crippen molar-refractivity contribution < 1.29 is 4.39 Å². The molecule has 0 bridgehead atoms. The van der Waals surface area contributed by atoms with Gasteiger partial charge >= 0.3 is 0 Å². The minimum atomic E-state index is -0.309. The van der Waals surface area contributed by atoms with Crippen molar-refractivity contribution in [2.45, 2.75) is 18.8 Å². The average Bonchev–Trinajstić information content (AvgIpc) is 3.28. The first-order chi connectivity index (χ1) is 11.1. The lowest BCUT2D eigenvalue weighted by molar-refractivity contribution is 0.628. The third-order valence-corrected chi connectivity index (χ3v) is 4.11. The predicted octanol–water partition coefficient (Wildman–Crippen LogP) is 3.14. The van der Waals surface area contributed by atoms with Crippen LogP contribution in [0.25, 0.3) is 22.5 Å². The standard InChI is InChI=1S/C17H16FN5/c1-23-9-20-22-17(23)14-8-12(18)4-5-13(14)11-6-15(10-2-3-10)21-16(19)7-11/h4-10H,2-3H2,1H3,(H2,19,21). The largest absolute Gasteiger partial charge is 0.384 e. The fraction of sp³-hybridized carbons (Fsp3) is 0.235. The van der Waals surface area contributed by atoms with Crippen LogP contribution in [0.5, 0.6) is 0 Å². The molecule has 2 heterocycles. The smallest absolute Gasteiger partial charge is 0.164 e. The number of hydrogen-bond donors (Lipinski definition) is 1. The number of anilines is 1. The maximum Gasteiger partial charge on any atom is 0.164 e. The summed E-state index contributed by atoms with van der Waals surface area (Å²) in [7, 11) is 1.83. The summed E-state index contributed by atoms with van der Waals surface area (Å²) in [5.74, 6) is 1.28. The molecule has 1 aromatic carbocycles. The first kappa shape index (κ1) is 13.9. The minimum absolute atomic E-state index is 0.309. The van der Waals surface area contributed by atoms with Crippen molar-refractivity contribution >= 4 is 5.82 Å². The summed E-state index contributed by atoms with van der Waals surface area (Å²) in [6.07, 6.45) is 3.89. The van der Waals surface area contributed by atoms with Crippen LogP contribution in [0.1, 0.15) is 24.5 Å². The Bertz CT molecular complexity index is 882. The molecule has 1 saturated carbocycles. The first-order valence-electron chi connectivity index (χ1n) is 7.53. The van der Waals surface area contributed by atoms with Gasteiger partial charge in [-0.1, -0.05) is 6.07 Å². The second-order valence-electron chi connectivity index (χ2n) is 5.94. The number of nitrogens with zero attached hydrogens (tertiary/aromatic N) is 4.